The third-order valence-corrected chi connectivity index (χ3v) is 8.00. The maximum Gasteiger partial charge on any atom is 0.297 e. The first-order valence-corrected chi connectivity index (χ1v) is 13.1. The van der Waals surface area contributed by atoms with Crippen LogP contribution in [0.15, 0.2) is 65.6 Å². The van der Waals surface area contributed by atoms with Gasteiger partial charge in [0.1, 0.15) is 5.82 Å². The lowest BCUT2D eigenvalue weighted by Gasteiger charge is -2.32. The molecular weight excluding hydrogens is 493 g/mol. The average molecular weight is 518 g/mol. The molecule has 184 valence electrons. The minimum Gasteiger partial charge on any atom is -0.444 e. The van der Waals surface area contributed by atoms with Gasteiger partial charge in [0, 0.05) is 30.0 Å². The van der Waals surface area contributed by atoms with E-state index in [1.165, 1.54) is 12.1 Å². The van der Waals surface area contributed by atoms with Crippen molar-refractivity contribution in [1.82, 2.24) is 5.32 Å². The Hall–Kier alpha value is -2.65. The molecule has 0 radical (unpaired) electrons. The van der Waals surface area contributed by atoms with E-state index in [0.717, 1.165) is 11.1 Å². The van der Waals surface area contributed by atoms with Crippen LogP contribution in [0.2, 0.25) is 5.02 Å². The zero-order chi connectivity index (χ0) is 24.8. The van der Waals surface area contributed by atoms with Crippen LogP contribution in [0.5, 0.6) is 11.5 Å². The molecule has 3 atom stereocenters. The van der Waals surface area contributed by atoms with Crippen LogP contribution < -0.4 is 14.8 Å². The minimum atomic E-state index is -3.98. The summed E-state index contributed by atoms with van der Waals surface area (Å²) in [5.74, 6) is -1.31. The Morgan fingerprint density at radius 1 is 1.11 bits per heavy atom. The minimum absolute atomic E-state index is 0.107. The molecule has 3 aromatic carbocycles. The first-order valence-electron chi connectivity index (χ1n) is 11.3. The first-order chi connectivity index (χ1) is 16.7. The summed E-state index contributed by atoms with van der Waals surface area (Å²) >= 11 is 5.92. The Bertz CT molecular complexity index is 1360. The van der Waals surface area contributed by atoms with Crippen LogP contribution >= 0.6 is 11.6 Å². The predicted octanol–water partition coefficient (Wildman–Crippen LogP) is 5.28. The van der Waals surface area contributed by atoms with Crippen molar-refractivity contribution >= 4 is 21.7 Å². The molecule has 0 amide bonds. The number of aryl methyl sites for hydroxylation is 1. The normalized spacial score (nSPS) is 23.9. The molecule has 0 bridgehead atoms. The highest BCUT2D eigenvalue weighted by atomic mass is 35.5. The van der Waals surface area contributed by atoms with Gasteiger partial charge in [0.05, 0.1) is 16.6 Å². The molecule has 0 spiro atoms. The second-order valence-electron chi connectivity index (χ2n) is 8.95. The molecule has 2 aliphatic rings. The van der Waals surface area contributed by atoms with Crippen molar-refractivity contribution in [2.24, 2.45) is 0 Å². The van der Waals surface area contributed by atoms with E-state index in [-0.39, 0.29) is 21.4 Å². The predicted molar refractivity (Wildman–Crippen MR) is 130 cm³/mol. The van der Waals surface area contributed by atoms with E-state index < -0.39 is 27.8 Å². The molecule has 2 heterocycles. The Kier molecular flexibility index (Phi) is 6.25. The maximum absolute atomic E-state index is 14.7. The van der Waals surface area contributed by atoms with Crippen LogP contribution in [0, 0.1) is 12.7 Å². The Morgan fingerprint density at radius 3 is 2.63 bits per heavy atom. The van der Waals surface area contributed by atoms with Crippen LogP contribution in [0.4, 0.5) is 4.39 Å². The molecule has 5 rings (SSSR count). The van der Waals surface area contributed by atoms with Crippen molar-refractivity contribution in [3.63, 3.8) is 0 Å². The number of fused-ring (bicyclic) bond motifs is 1. The smallest absolute Gasteiger partial charge is 0.297 e. The summed E-state index contributed by atoms with van der Waals surface area (Å²) in [5, 5.41) is 3.49. The Balaban J connectivity index is 1.46. The zero-order valence-corrected chi connectivity index (χ0v) is 20.8. The molecule has 3 aromatic rings. The van der Waals surface area contributed by atoms with Gasteiger partial charge in [-0.1, -0.05) is 41.4 Å². The lowest BCUT2D eigenvalue weighted by atomic mass is 9.87. The van der Waals surface area contributed by atoms with Gasteiger partial charge in [-0.25, -0.2) is 4.39 Å². The molecule has 1 N–H and O–H groups in total. The van der Waals surface area contributed by atoms with Gasteiger partial charge in [0.25, 0.3) is 15.9 Å². The van der Waals surface area contributed by atoms with Gasteiger partial charge in [0.15, 0.2) is 11.5 Å². The van der Waals surface area contributed by atoms with Crippen molar-refractivity contribution in [2.75, 3.05) is 13.1 Å². The number of halogens is 2. The lowest BCUT2D eigenvalue weighted by molar-refractivity contribution is -0.0713. The van der Waals surface area contributed by atoms with Gasteiger partial charge in [-0.2, -0.15) is 8.42 Å². The summed E-state index contributed by atoms with van der Waals surface area (Å²) in [6, 6.07) is 16.3. The first kappa shape index (κ1) is 24.1. The van der Waals surface area contributed by atoms with Gasteiger partial charge in [-0.05, 0) is 56.3 Å². The Morgan fingerprint density at radius 2 is 1.89 bits per heavy atom. The van der Waals surface area contributed by atoms with Gasteiger partial charge in [-0.15, -0.1) is 0 Å². The number of ether oxygens (including phenoxy) is 2. The monoisotopic (exact) mass is 517 g/mol. The van der Waals surface area contributed by atoms with Gasteiger partial charge < -0.3 is 14.8 Å². The molecule has 0 aliphatic carbocycles. The fourth-order valence-electron chi connectivity index (χ4n) is 4.62. The topological polar surface area (TPSA) is 73.9 Å². The zero-order valence-electron chi connectivity index (χ0n) is 19.3. The van der Waals surface area contributed by atoms with E-state index in [9.17, 15) is 12.8 Å². The summed E-state index contributed by atoms with van der Waals surface area (Å²) in [7, 11) is -3.98. The molecular formula is C26H25ClFNO5S. The number of hydrogen-bond acceptors (Lipinski definition) is 6. The van der Waals surface area contributed by atoms with E-state index in [2.05, 4.69) is 5.32 Å². The van der Waals surface area contributed by atoms with E-state index >= 15 is 0 Å². The summed E-state index contributed by atoms with van der Waals surface area (Å²) in [4.78, 5) is 0.107. The van der Waals surface area contributed by atoms with Crippen molar-refractivity contribution in [2.45, 2.75) is 43.0 Å². The number of para-hydroxylation sites is 1. The fourth-order valence-corrected chi connectivity index (χ4v) is 5.88. The number of nitrogens with one attached hydrogen (secondary N) is 1. The van der Waals surface area contributed by atoms with E-state index in [1.54, 1.807) is 43.3 Å². The van der Waals surface area contributed by atoms with E-state index in [4.69, 9.17) is 25.3 Å². The quantitative estimate of drug-likeness (QED) is 0.464. The second kappa shape index (κ2) is 9.09. The summed E-state index contributed by atoms with van der Waals surface area (Å²) in [5.41, 5.74) is 1.92. The summed E-state index contributed by atoms with van der Waals surface area (Å²) in [6.45, 7) is 4.56. The van der Waals surface area contributed by atoms with Crippen molar-refractivity contribution < 1.29 is 26.5 Å². The summed E-state index contributed by atoms with van der Waals surface area (Å²) in [6.07, 6.45) is -0.0378. The number of piperidine rings is 1. The number of hydrogen-bond donors (Lipinski definition) is 1. The molecule has 6 nitrogen and oxygen atoms in total. The van der Waals surface area contributed by atoms with Crippen molar-refractivity contribution in [3.8, 4) is 11.5 Å². The fraction of sp³-hybridized carbons (Fsp3) is 0.308. The van der Waals surface area contributed by atoms with Crippen LogP contribution in [0.3, 0.4) is 0 Å². The molecule has 3 unspecified atom stereocenters. The van der Waals surface area contributed by atoms with Crippen LogP contribution in [-0.4, -0.2) is 27.6 Å². The molecule has 0 aromatic heterocycles. The lowest BCUT2D eigenvalue weighted by Crippen LogP contribution is -2.42. The standard InChI is InChI=1S/C26H25ClFNO5S/c1-16-6-9-18(10-7-16)35(30,31)34-24-15-29-13-12-19(24)20-4-3-5-23-25(20)33-26(2,32-23)21-11-8-17(27)14-22(21)28/h3-11,14,19,24,29H,12-13,15H2,1-2H3. The van der Waals surface area contributed by atoms with Gasteiger partial charge in [-0.3, -0.25) is 4.18 Å². The van der Waals surface area contributed by atoms with Gasteiger partial charge >= 0.3 is 0 Å². The average Bonchev–Trinajstić information content (AvgIpc) is 3.16. The van der Waals surface area contributed by atoms with Gasteiger partial charge in [0.2, 0.25) is 0 Å². The van der Waals surface area contributed by atoms with Crippen LogP contribution in [0.1, 0.15) is 36.0 Å². The Labute approximate surface area is 209 Å². The molecule has 2 aliphatic heterocycles. The summed E-state index contributed by atoms with van der Waals surface area (Å²) < 4.78 is 58.8. The molecule has 0 saturated carbocycles. The largest absolute Gasteiger partial charge is 0.444 e. The highest BCUT2D eigenvalue weighted by molar-refractivity contribution is 7.86. The van der Waals surface area contributed by atoms with E-state index in [0.29, 0.717) is 31.0 Å². The molecule has 1 saturated heterocycles. The number of rotatable bonds is 5. The molecule has 35 heavy (non-hydrogen) atoms. The third kappa shape index (κ3) is 4.63. The highest BCUT2D eigenvalue weighted by Gasteiger charge is 2.44. The molecule has 1 fully saturated rings. The third-order valence-electron chi connectivity index (χ3n) is 6.42. The van der Waals surface area contributed by atoms with Crippen LogP contribution in [0.25, 0.3) is 0 Å². The maximum atomic E-state index is 14.7. The second-order valence-corrected chi connectivity index (χ2v) is 11.0. The highest BCUT2D eigenvalue weighted by Crippen LogP contribution is 2.50. The van der Waals surface area contributed by atoms with Crippen molar-refractivity contribution in [1.29, 1.82) is 0 Å². The number of benzene rings is 3. The van der Waals surface area contributed by atoms with Crippen molar-refractivity contribution in [3.05, 3.63) is 88.2 Å². The SMILES string of the molecule is Cc1ccc(S(=O)(=O)OC2CNCCC2c2cccc3c2OC(C)(c2ccc(Cl)cc2F)O3)cc1. The molecule has 9 heteroatoms. The van der Waals surface area contributed by atoms with Crippen LogP contribution in [-0.2, 0) is 20.1 Å². The van der Waals surface area contributed by atoms with E-state index in [1.807, 2.05) is 19.1 Å².